The van der Waals surface area contributed by atoms with Gasteiger partial charge in [-0.15, -0.1) is 0 Å². The maximum Gasteiger partial charge on any atom is 0.131 e. The Morgan fingerprint density at radius 1 is 0.786 bits per heavy atom. The van der Waals surface area contributed by atoms with E-state index in [1.807, 2.05) is 36.4 Å². The molecule has 0 saturated heterocycles. The highest BCUT2D eigenvalue weighted by atomic mass is 16.3. The van der Waals surface area contributed by atoms with Crippen LogP contribution in [0.1, 0.15) is 51.5 Å². The molecule has 1 heteroatoms. The second-order valence-corrected chi connectivity index (χ2v) is 9.31. The van der Waals surface area contributed by atoms with Gasteiger partial charge in [0.1, 0.15) is 5.75 Å². The van der Waals surface area contributed by atoms with Gasteiger partial charge in [-0.25, -0.2) is 0 Å². The van der Waals surface area contributed by atoms with Gasteiger partial charge in [0.25, 0.3) is 0 Å². The van der Waals surface area contributed by atoms with Crippen molar-refractivity contribution in [3.63, 3.8) is 0 Å². The van der Waals surface area contributed by atoms with Crippen LogP contribution in [-0.4, -0.2) is 5.11 Å². The second-order valence-electron chi connectivity index (χ2n) is 9.31. The highest BCUT2D eigenvalue weighted by Crippen LogP contribution is 2.48. The van der Waals surface area contributed by atoms with E-state index in [1.165, 1.54) is 24.8 Å². The van der Waals surface area contributed by atoms with E-state index in [0.717, 1.165) is 28.2 Å². The summed E-state index contributed by atoms with van der Waals surface area (Å²) in [5, 5.41) is 11.2. The van der Waals surface area contributed by atoms with Gasteiger partial charge in [0.15, 0.2) is 0 Å². The van der Waals surface area contributed by atoms with Crippen molar-refractivity contribution in [2.75, 3.05) is 0 Å². The largest absolute Gasteiger partial charge is 0.507 e. The second kappa shape index (κ2) is 7.47. The molecule has 144 valence electrons. The van der Waals surface area contributed by atoms with Gasteiger partial charge in [0.05, 0.1) is 0 Å². The molecule has 3 aromatic rings. The quantitative estimate of drug-likeness (QED) is 0.502. The van der Waals surface area contributed by atoms with Crippen molar-refractivity contribution < 1.29 is 5.11 Å². The number of benzene rings is 3. The van der Waals surface area contributed by atoms with Gasteiger partial charge < -0.3 is 5.11 Å². The van der Waals surface area contributed by atoms with Crippen LogP contribution < -0.4 is 0 Å². The van der Waals surface area contributed by atoms with Crippen LogP contribution in [-0.2, 0) is 0 Å². The van der Waals surface area contributed by atoms with E-state index in [4.69, 9.17) is 0 Å². The Labute approximate surface area is 169 Å². The Morgan fingerprint density at radius 2 is 1.29 bits per heavy atom. The number of hydrogen-bond acceptors (Lipinski definition) is 1. The summed E-state index contributed by atoms with van der Waals surface area (Å²) in [6.45, 7) is 7.17. The first-order valence-corrected chi connectivity index (χ1v) is 10.4. The summed E-state index contributed by atoms with van der Waals surface area (Å²) in [7, 11) is 0. The van der Waals surface area contributed by atoms with E-state index in [2.05, 4.69) is 57.2 Å². The molecule has 0 radical (unpaired) electrons. The van der Waals surface area contributed by atoms with Gasteiger partial charge in [-0.1, -0.05) is 81.4 Å². The first kappa shape index (κ1) is 18.8. The van der Waals surface area contributed by atoms with Crippen molar-refractivity contribution in [2.45, 2.75) is 46.0 Å². The summed E-state index contributed by atoms with van der Waals surface area (Å²) in [5.74, 6) is 1.64. The highest BCUT2D eigenvalue weighted by molar-refractivity contribution is 5.83. The van der Waals surface area contributed by atoms with E-state index < -0.39 is 0 Å². The molecule has 0 heterocycles. The molecule has 0 aliphatic heterocycles. The molecule has 0 bridgehead atoms. The Hall–Kier alpha value is -2.54. The summed E-state index contributed by atoms with van der Waals surface area (Å²) < 4.78 is 0. The zero-order valence-corrected chi connectivity index (χ0v) is 17.2. The molecule has 3 aromatic carbocycles. The number of rotatable bonds is 3. The molecule has 1 nitrogen and oxygen atoms in total. The minimum absolute atomic E-state index is 0.361. The smallest absolute Gasteiger partial charge is 0.131 e. The Bertz CT molecular complexity index is 880. The van der Waals surface area contributed by atoms with Crippen molar-refractivity contribution in [3.05, 3.63) is 78.4 Å². The van der Waals surface area contributed by atoms with Crippen LogP contribution >= 0.6 is 0 Å². The van der Waals surface area contributed by atoms with Crippen LogP contribution in [0.2, 0.25) is 0 Å². The molecular weight excluding hydrogens is 340 g/mol. The summed E-state index contributed by atoms with van der Waals surface area (Å²) >= 11 is 0. The van der Waals surface area contributed by atoms with E-state index in [1.54, 1.807) is 0 Å². The van der Waals surface area contributed by atoms with Gasteiger partial charge in [0, 0.05) is 11.1 Å². The Morgan fingerprint density at radius 3 is 1.75 bits per heavy atom. The van der Waals surface area contributed by atoms with E-state index >= 15 is 0 Å². The van der Waals surface area contributed by atoms with Crippen LogP contribution in [0.3, 0.4) is 0 Å². The minimum Gasteiger partial charge on any atom is -0.507 e. The number of phenolic OH excluding ortho intramolecular Hbond substituents is 1. The third-order valence-corrected chi connectivity index (χ3v) is 6.16. The molecule has 1 N–H and O–H groups in total. The van der Waals surface area contributed by atoms with Crippen LogP contribution in [0.15, 0.2) is 72.8 Å². The van der Waals surface area contributed by atoms with Gasteiger partial charge in [-0.05, 0) is 65.3 Å². The van der Waals surface area contributed by atoms with E-state index in [0.29, 0.717) is 17.1 Å². The molecule has 1 aliphatic carbocycles. The third kappa shape index (κ3) is 3.85. The molecule has 0 spiro atoms. The molecule has 1 unspecified atom stereocenters. The fraction of sp³-hybridized carbons (Fsp3) is 0.333. The predicted octanol–water partition coefficient (Wildman–Crippen LogP) is 7.66. The predicted molar refractivity (Wildman–Crippen MR) is 119 cm³/mol. The molecule has 1 aliphatic rings. The third-order valence-electron chi connectivity index (χ3n) is 6.16. The lowest BCUT2D eigenvalue weighted by atomic mass is 9.66. The zero-order valence-electron chi connectivity index (χ0n) is 17.2. The molecule has 4 rings (SSSR count). The van der Waals surface area contributed by atoms with Crippen molar-refractivity contribution in [3.8, 4) is 28.0 Å². The van der Waals surface area contributed by atoms with Crippen LogP contribution in [0, 0.1) is 11.3 Å². The molecule has 0 aromatic heterocycles. The average Bonchev–Trinajstić information content (AvgIpc) is 2.68. The van der Waals surface area contributed by atoms with Crippen molar-refractivity contribution in [1.82, 2.24) is 0 Å². The average molecular weight is 371 g/mol. The first-order chi connectivity index (χ1) is 13.4. The molecule has 1 fully saturated rings. The zero-order chi connectivity index (χ0) is 19.7. The first-order valence-electron chi connectivity index (χ1n) is 10.4. The van der Waals surface area contributed by atoms with Crippen LogP contribution in [0.4, 0.5) is 0 Å². The highest BCUT2D eigenvalue weighted by Gasteiger charge is 2.33. The molecule has 28 heavy (non-hydrogen) atoms. The summed E-state index contributed by atoms with van der Waals surface area (Å²) in [5.41, 5.74) is 5.74. The normalized spacial score (nSPS) is 21.4. The number of hydrogen-bond donors (Lipinski definition) is 1. The van der Waals surface area contributed by atoms with Crippen molar-refractivity contribution in [2.24, 2.45) is 11.3 Å². The summed E-state index contributed by atoms with van der Waals surface area (Å²) in [6, 6.07) is 25.0. The lowest BCUT2D eigenvalue weighted by Gasteiger charge is -2.39. The fourth-order valence-corrected chi connectivity index (χ4v) is 5.17. The molecule has 2 atom stereocenters. The fourth-order valence-electron chi connectivity index (χ4n) is 5.17. The monoisotopic (exact) mass is 370 g/mol. The topological polar surface area (TPSA) is 20.2 Å². The van der Waals surface area contributed by atoms with E-state index in [-0.39, 0.29) is 0 Å². The SMILES string of the molecule is CC1C[C@H](c2cc(-c3ccccc3)c(O)c(-c3ccccc3)c2)CC(C)(C)C1. The molecular formula is C27H30O. The lowest BCUT2D eigenvalue weighted by molar-refractivity contribution is 0.168. The van der Waals surface area contributed by atoms with Gasteiger partial charge in [-0.3, -0.25) is 0 Å². The number of aromatic hydroxyl groups is 1. The molecule has 1 saturated carbocycles. The Kier molecular flexibility index (Phi) is 5.02. The standard InChI is InChI=1S/C27H30O/c1-19-14-23(18-27(2,3)17-19)22-15-24(20-10-6-4-7-11-20)26(28)25(16-22)21-12-8-5-9-13-21/h4-13,15-16,19,23,28H,14,17-18H2,1-3H3/t19?,23-/m0/s1. The van der Waals surface area contributed by atoms with Crippen molar-refractivity contribution >= 4 is 0 Å². The maximum absolute atomic E-state index is 11.2. The summed E-state index contributed by atoms with van der Waals surface area (Å²) in [4.78, 5) is 0. The Balaban J connectivity index is 1.87. The molecule has 0 amide bonds. The van der Waals surface area contributed by atoms with Gasteiger partial charge >= 0.3 is 0 Å². The number of phenols is 1. The van der Waals surface area contributed by atoms with Crippen LogP contribution in [0.25, 0.3) is 22.3 Å². The minimum atomic E-state index is 0.361. The van der Waals surface area contributed by atoms with Crippen molar-refractivity contribution in [1.29, 1.82) is 0 Å². The summed E-state index contributed by atoms with van der Waals surface area (Å²) in [6.07, 6.45) is 3.71. The lowest BCUT2D eigenvalue weighted by Crippen LogP contribution is -2.26. The van der Waals surface area contributed by atoms with E-state index in [9.17, 15) is 5.11 Å². The maximum atomic E-state index is 11.2. The van der Waals surface area contributed by atoms with Crippen LogP contribution in [0.5, 0.6) is 5.75 Å². The van der Waals surface area contributed by atoms with Gasteiger partial charge in [0.2, 0.25) is 0 Å². The van der Waals surface area contributed by atoms with Gasteiger partial charge in [-0.2, -0.15) is 0 Å².